The predicted octanol–water partition coefficient (Wildman–Crippen LogP) is 1.04. The Kier molecular flexibility index (Phi) is 4.03. The highest BCUT2D eigenvalue weighted by atomic mass is 16.2. The van der Waals surface area contributed by atoms with Crippen LogP contribution < -0.4 is 5.32 Å². The number of hydrogen-bond donors (Lipinski definition) is 1. The number of likely N-dealkylation sites (N-methyl/N-ethyl adjacent to an activating group) is 1. The molecule has 2 aliphatic heterocycles. The van der Waals surface area contributed by atoms with Crippen molar-refractivity contribution in [1.82, 2.24) is 15.1 Å². The lowest BCUT2D eigenvalue weighted by molar-refractivity contribution is -0.133. The molecule has 0 bridgehead atoms. The van der Waals surface area contributed by atoms with Gasteiger partial charge in [-0.25, -0.2) is 0 Å². The molecule has 1 aromatic rings. The van der Waals surface area contributed by atoms with Crippen molar-refractivity contribution in [2.45, 2.75) is 18.9 Å². The van der Waals surface area contributed by atoms with E-state index in [-0.39, 0.29) is 0 Å². The molecule has 1 N–H and O–H groups in total. The van der Waals surface area contributed by atoms with Crippen molar-refractivity contribution in [2.24, 2.45) is 0 Å². The van der Waals surface area contributed by atoms with Crippen LogP contribution >= 0.6 is 0 Å². The Morgan fingerprint density at radius 3 is 2.80 bits per heavy atom. The van der Waals surface area contributed by atoms with Crippen molar-refractivity contribution < 1.29 is 4.79 Å². The summed E-state index contributed by atoms with van der Waals surface area (Å²) in [6.45, 7) is 5.57. The van der Waals surface area contributed by atoms with Crippen molar-refractivity contribution in [3.8, 4) is 0 Å². The van der Waals surface area contributed by atoms with Gasteiger partial charge in [-0.15, -0.1) is 0 Å². The van der Waals surface area contributed by atoms with E-state index in [0.717, 1.165) is 39.3 Å². The second kappa shape index (κ2) is 5.94. The molecule has 108 valence electrons. The molecule has 0 aliphatic carbocycles. The molecule has 4 heteroatoms. The lowest BCUT2D eigenvalue weighted by Crippen LogP contribution is -2.47. The number of hydrogen-bond acceptors (Lipinski definition) is 3. The average molecular weight is 273 g/mol. The van der Waals surface area contributed by atoms with Crippen LogP contribution in [0.1, 0.15) is 23.5 Å². The maximum Gasteiger partial charge on any atom is 0.223 e. The van der Waals surface area contributed by atoms with Crippen molar-refractivity contribution in [3.63, 3.8) is 0 Å². The number of nitrogens with one attached hydrogen (secondary N) is 1. The first-order chi connectivity index (χ1) is 9.74. The minimum absolute atomic E-state index is 0.307. The van der Waals surface area contributed by atoms with E-state index in [0.29, 0.717) is 18.2 Å². The summed E-state index contributed by atoms with van der Waals surface area (Å²) in [6.07, 6.45) is 0.633. The number of piperazine rings is 1. The molecular formula is C16H23N3O. The number of benzene rings is 1. The molecule has 1 unspecified atom stereocenters. The van der Waals surface area contributed by atoms with Gasteiger partial charge in [-0.05, 0) is 18.2 Å². The van der Waals surface area contributed by atoms with Gasteiger partial charge in [0.15, 0.2) is 0 Å². The molecule has 4 nitrogen and oxygen atoms in total. The fourth-order valence-corrected chi connectivity index (χ4v) is 3.16. The maximum atomic E-state index is 12.5. The Bertz CT molecular complexity index is 480. The fraction of sp³-hybridized carbons (Fsp3) is 0.562. The lowest BCUT2D eigenvalue weighted by atomic mass is 9.88. The zero-order valence-electron chi connectivity index (χ0n) is 12.1. The average Bonchev–Trinajstić information content (AvgIpc) is 2.48. The Labute approximate surface area is 120 Å². The Hall–Kier alpha value is -1.39. The van der Waals surface area contributed by atoms with E-state index in [1.165, 1.54) is 11.1 Å². The highest BCUT2D eigenvalue weighted by molar-refractivity contribution is 5.77. The first-order valence-corrected chi connectivity index (χ1v) is 7.49. The van der Waals surface area contributed by atoms with Crippen LogP contribution in [0.5, 0.6) is 0 Å². The number of carbonyl (C=O) groups is 1. The summed E-state index contributed by atoms with van der Waals surface area (Å²) in [5.41, 5.74) is 2.70. The summed E-state index contributed by atoms with van der Waals surface area (Å²) in [5, 5.41) is 3.43. The minimum Gasteiger partial charge on any atom is -0.340 e. The van der Waals surface area contributed by atoms with E-state index in [2.05, 4.69) is 41.5 Å². The molecule has 1 saturated heterocycles. The molecule has 1 fully saturated rings. The summed E-state index contributed by atoms with van der Waals surface area (Å²) >= 11 is 0. The van der Waals surface area contributed by atoms with Crippen molar-refractivity contribution in [3.05, 3.63) is 35.4 Å². The minimum atomic E-state index is 0.307. The largest absolute Gasteiger partial charge is 0.340 e. The summed E-state index contributed by atoms with van der Waals surface area (Å²) in [7, 11) is 2.11. The van der Waals surface area contributed by atoms with Gasteiger partial charge in [0.25, 0.3) is 0 Å². The first-order valence-electron chi connectivity index (χ1n) is 7.49. The first kappa shape index (κ1) is 13.6. The highest BCUT2D eigenvalue weighted by Crippen LogP contribution is 2.27. The summed E-state index contributed by atoms with van der Waals surface area (Å²) < 4.78 is 0. The van der Waals surface area contributed by atoms with Gasteiger partial charge in [-0.2, -0.15) is 0 Å². The normalized spacial score (nSPS) is 23.4. The quantitative estimate of drug-likeness (QED) is 0.874. The van der Waals surface area contributed by atoms with E-state index >= 15 is 0 Å². The SMILES string of the molecule is CN1CCN(C(=O)CC2CNCc3ccccc32)CC1. The van der Waals surface area contributed by atoms with E-state index in [1.54, 1.807) is 0 Å². The molecule has 1 aromatic carbocycles. The number of carbonyl (C=O) groups excluding carboxylic acids is 1. The third-order valence-electron chi connectivity index (χ3n) is 4.48. The zero-order valence-corrected chi connectivity index (χ0v) is 12.1. The standard InChI is InChI=1S/C16H23N3O/c1-18-6-8-19(9-7-18)16(20)10-14-12-17-11-13-4-2-3-5-15(13)14/h2-5,14,17H,6-12H2,1H3. The molecule has 0 aromatic heterocycles. The Morgan fingerprint density at radius 1 is 1.25 bits per heavy atom. The van der Waals surface area contributed by atoms with E-state index < -0.39 is 0 Å². The Balaban J connectivity index is 1.65. The van der Waals surface area contributed by atoms with Gasteiger partial charge in [0, 0.05) is 51.6 Å². The summed E-state index contributed by atoms with van der Waals surface area (Å²) in [6, 6.07) is 8.50. The molecule has 1 atom stereocenters. The molecular weight excluding hydrogens is 250 g/mol. The number of nitrogens with zero attached hydrogens (tertiary/aromatic N) is 2. The molecule has 0 saturated carbocycles. The molecule has 3 rings (SSSR count). The van der Waals surface area contributed by atoms with Crippen LogP contribution in [0.25, 0.3) is 0 Å². The molecule has 20 heavy (non-hydrogen) atoms. The third kappa shape index (κ3) is 2.86. The van der Waals surface area contributed by atoms with Crippen molar-refractivity contribution in [2.75, 3.05) is 39.8 Å². The van der Waals surface area contributed by atoms with Crippen molar-refractivity contribution in [1.29, 1.82) is 0 Å². The van der Waals surface area contributed by atoms with Gasteiger partial charge < -0.3 is 15.1 Å². The van der Waals surface area contributed by atoms with Crippen LogP contribution in [-0.4, -0.2) is 55.5 Å². The van der Waals surface area contributed by atoms with Crippen LogP contribution in [-0.2, 0) is 11.3 Å². The molecule has 0 radical (unpaired) electrons. The van der Waals surface area contributed by atoms with Gasteiger partial charge >= 0.3 is 0 Å². The number of rotatable bonds is 2. The van der Waals surface area contributed by atoms with Crippen LogP contribution in [0.4, 0.5) is 0 Å². The van der Waals surface area contributed by atoms with Gasteiger partial charge in [-0.3, -0.25) is 4.79 Å². The predicted molar refractivity (Wildman–Crippen MR) is 79.6 cm³/mol. The molecule has 2 heterocycles. The van der Waals surface area contributed by atoms with Gasteiger partial charge in [-0.1, -0.05) is 24.3 Å². The van der Waals surface area contributed by atoms with Crippen molar-refractivity contribution >= 4 is 5.91 Å². The highest BCUT2D eigenvalue weighted by Gasteiger charge is 2.25. The summed E-state index contributed by atoms with van der Waals surface area (Å²) in [5.74, 6) is 0.633. The van der Waals surface area contributed by atoms with E-state index in [9.17, 15) is 4.79 Å². The molecule has 2 aliphatic rings. The van der Waals surface area contributed by atoms with Gasteiger partial charge in [0.1, 0.15) is 0 Å². The molecule has 1 amide bonds. The van der Waals surface area contributed by atoms with Gasteiger partial charge in [0.05, 0.1) is 0 Å². The van der Waals surface area contributed by atoms with E-state index in [4.69, 9.17) is 0 Å². The molecule has 0 spiro atoms. The van der Waals surface area contributed by atoms with Crippen LogP contribution in [0.15, 0.2) is 24.3 Å². The van der Waals surface area contributed by atoms with Crippen LogP contribution in [0, 0.1) is 0 Å². The third-order valence-corrected chi connectivity index (χ3v) is 4.48. The lowest BCUT2D eigenvalue weighted by Gasteiger charge is -2.34. The summed E-state index contributed by atoms with van der Waals surface area (Å²) in [4.78, 5) is 16.8. The monoisotopic (exact) mass is 273 g/mol. The second-order valence-corrected chi connectivity index (χ2v) is 5.91. The van der Waals surface area contributed by atoms with Crippen LogP contribution in [0.3, 0.4) is 0 Å². The fourth-order valence-electron chi connectivity index (χ4n) is 3.16. The Morgan fingerprint density at radius 2 is 2.00 bits per heavy atom. The number of fused-ring (bicyclic) bond motifs is 1. The second-order valence-electron chi connectivity index (χ2n) is 5.91. The van der Waals surface area contributed by atoms with E-state index in [1.807, 2.05) is 4.90 Å². The smallest absolute Gasteiger partial charge is 0.223 e. The zero-order chi connectivity index (χ0) is 13.9. The number of amides is 1. The maximum absolute atomic E-state index is 12.5. The topological polar surface area (TPSA) is 35.6 Å². The van der Waals surface area contributed by atoms with Gasteiger partial charge in [0.2, 0.25) is 5.91 Å². The van der Waals surface area contributed by atoms with Crippen LogP contribution in [0.2, 0.25) is 0 Å².